The molecule has 18 heavy (non-hydrogen) atoms. The molecule has 1 amide bonds. The molecule has 0 radical (unpaired) electrons. The van der Waals surface area contributed by atoms with Crippen LogP contribution in [0.2, 0.25) is 0 Å². The van der Waals surface area contributed by atoms with Crippen LogP contribution in [-0.2, 0) is 11.2 Å². The zero-order chi connectivity index (χ0) is 12.8. The van der Waals surface area contributed by atoms with E-state index < -0.39 is 0 Å². The zero-order valence-corrected chi connectivity index (χ0v) is 12.0. The lowest BCUT2D eigenvalue weighted by Gasteiger charge is -2.26. The van der Waals surface area contributed by atoms with Crippen molar-refractivity contribution in [3.8, 4) is 0 Å². The molecule has 1 saturated carbocycles. The number of hydrogen-bond acceptors (Lipinski definition) is 2. The average molecular weight is 265 g/mol. The summed E-state index contributed by atoms with van der Waals surface area (Å²) in [4.78, 5) is 13.2. The first-order valence-electron chi connectivity index (χ1n) is 7.06. The van der Waals surface area contributed by atoms with Gasteiger partial charge in [-0.05, 0) is 55.9 Å². The first-order chi connectivity index (χ1) is 8.74. The van der Waals surface area contributed by atoms with E-state index in [1.54, 1.807) is 11.3 Å². The van der Waals surface area contributed by atoms with Gasteiger partial charge >= 0.3 is 0 Å². The number of thiophene rings is 1. The van der Waals surface area contributed by atoms with Crippen molar-refractivity contribution in [3.05, 3.63) is 22.4 Å². The summed E-state index contributed by atoms with van der Waals surface area (Å²) in [7, 11) is 0. The van der Waals surface area contributed by atoms with Crippen molar-refractivity contribution < 1.29 is 4.79 Å². The van der Waals surface area contributed by atoms with Crippen LogP contribution in [0.15, 0.2) is 17.5 Å². The number of rotatable bonds is 5. The molecule has 2 nitrogen and oxygen atoms in total. The van der Waals surface area contributed by atoms with E-state index >= 15 is 0 Å². The molecule has 3 heteroatoms. The molecule has 1 fully saturated rings. The monoisotopic (exact) mass is 265 g/mol. The molecule has 0 spiro atoms. The maximum absolute atomic E-state index is 11.8. The van der Waals surface area contributed by atoms with Crippen LogP contribution < -0.4 is 5.32 Å². The first kappa shape index (κ1) is 13.6. The molecule has 0 aromatic carbocycles. The number of amides is 1. The van der Waals surface area contributed by atoms with E-state index in [9.17, 15) is 4.79 Å². The molecule has 1 N–H and O–H groups in total. The Hall–Kier alpha value is -0.830. The van der Waals surface area contributed by atoms with Crippen LogP contribution in [0.5, 0.6) is 0 Å². The second-order valence-electron chi connectivity index (χ2n) is 5.46. The lowest BCUT2D eigenvalue weighted by atomic mass is 9.87. The summed E-state index contributed by atoms with van der Waals surface area (Å²) in [6, 6.07) is 4.66. The van der Waals surface area contributed by atoms with E-state index in [2.05, 4.69) is 29.8 Å². The van der Waals surface area contributed by atoms with Crippen LogP contribution in [0.25, 0.3) is 0 Å². The molecule has 0 aliphatic heterocycles. The van der Waals surface area contributed by atoms with Crippen molar-refractivity contribution in [3.63, 3.8) is 0 Å². The number of nitrogens with one attached hydrogen (secondary N) is 1. The van der Waals surface area contributed by atoms with Crippen LogP contribution in [0.3, 0.4) is 0 Å². The minimum atomic E-state index is 0.242. The van der Waals surface area contributed by atoms with Gasteiger partial charge in [-0.3, -0.25) is 4.79 Å². The third-order valence-corrected chi connectivity index (χ3v) is 4.72. The van der Waals surface area contributed by atoms with Crippen LogP contribution in [-0.4, -0.2) is 11.9 Å². The molecule has 0 bridgehead atoms. The third-order valence-electron chi connectivity index (χ3n) is 3.79. The molecule has 0 saturated heterocycles. The summed E-state index contributed by atoms with van der Waals surface area (Å²) in [6.07, 6.45) is 7.53. The molecular formula is C15H23NOS. The molecule has 1 aliphatic carbocycles. The summed E-state index contributed by atoms with van der Waals surface area (Å²) in [6.45, 7) is 2.30. The van der Waals surface area contributed by atoms with Gasteiger partial charge in [0.25, 0.3) is 0 Å². The van der Waals surface area contributed by atoms with Gasteiger partial charge < -0.3 is 5.32 Å². The second kappa shape index (κ2) is 6.93. The lowest BCUT2D eigenvalue weighted by Crippen LogP contribution is -2.37. The van der Waals surface area contributed by atoms with Crippen molar-refractivity contribution in [2.24, 2.45) is 5.92 Å². The van der Waals surface area contributed by atoms with E-state index in [0.717, 1.165) is 31.6 Å². The van der Waals surface area contributed by atoms with Gasteiger partial charge in [0, 0.05) is 17.3 Å². The maximum atomic E-state index is 11.8. The van der Waals surface area contributed by atoms with Crippen LogP contribution in [0.1, 0.15) is 50.3 Å². The Morgan fingerprint density at radius 2 is 2.17 bits per heavy atom. The normalized spacial score (nSPS) is 23.8. The van der Waals surface area contributed by atoms with Gasteiger partial charge in [0.05, 0.1) is 0 Å². The Balaban J connectivity index is 1.60. The Bertz CT molecular complexity index is 353. The van der Waals surface area contributed by atoms with Crippen molar-refractivity contribution in [2.45, 2.75) is 57.9 Å². The minimum absolute atomic E-state index is 0.242. The highest BCUT2D eigenvalue weighted by molar-refractivity contribution is 7.09. The van der Waals surface area contributed by atoms with Gasteiger partial charge in [0.15, 0.2) is 0 Å². The quantitative estimate of drug-likeness (QED) is 0.863. The van der Waals surface area contributed by atoms with E-state index in [4.69, 9.17) is 0 Å². The van der Waals surface area contributed by atoms with E-state index in [-0.39, 0.29) is 5.91 Å². The van der Waals surface area contributed by atoms with Crippen molar-refractivity contribution >= 4 is 17.2 Å². The summed E-state index contributed by atoms with van der Waals surface area (Å²) < 4.78 is 0. The summed E-state index contributed by atoms with van der Waals surface area (Å²) >= 11 is 1.78. The topological polar surface area (TPSA) is 29.1 Å². The second-order valence-corrected chi connectivity index (χ2v) is 6.49. The molecular weight excluding hydrogens is 242 g/mol. The van der Waals surface area contributed by atoms with Gasteiger partial charge in [-0.15, -0.1) is 11.3 Å². The van der Waals surface area contributed by atoms with Gasteiger partial charge in [-0.1, -0.05) is 13.0 Å². The van der Waals surface area contributed by atoms with Crippen LogP contribution in [0, 0.1) is 5.92 Å². The zero-order valence-electron chi connectivity index (χ0n) is 11.2. The maximum Gasteiger partial charge on any atom is 0.220 e. The first-order valence-corrected chi connectivity index (χ1v) is 7.94. The fourth-order valence-electron chi connectivity index (χ4n) is 2.58. The number of hydrogen-bond donors (Lipinski definition) is 1. The molecule has 1 aliphatic rings. The fourth-order valence-corrected chi connectivity index (χ4v) is 3.33. The third kappa shape index (κ3) is 4.45. The number of carbonyl (C=O) groups excluding carboxylic acids is 1. The summed E-state index contributed by atoms with van der Waals surface area (Å²) in [5.41, 5.74) is 0. The Morgan fingerprint density at radius 1 is 1.39 bits per heavy atom. The Kier molecular flexibility index (Phi) is 5.24. The van der Waals surface area contributed by atoms with E-state index in [1.807, 2.05) is 0 Å². The van der Waals surface area contributed by atoms with E-state index in [0.29, 0.717) is 12.5 Å². The Labute approximate surface area is 114 Å². The summed E-state index contributed by atoms with van der Waals surface area (Å²) in [5, 5.41) is 5.28. The molecule has 0 unspecified atom stereocenters. The smallest absolute Gasteiger partial charge is 0.220 e. The SMILES string of the molecule is CC1CCC(NC(=O)CCCc2cccs2)CC1. The van der Waals surface area contributed by atoms with Gasteiger partial charge in [-0.2, -0.15) is 0 Å². The summed E-state index contributed by atoms with van der Waals surface area (Å²) in [5.74, 6) is 1.09. The highest BCUT2D eigenvalue weighted by Gasteiger charge is 2.19. The molecule has 1 heterocycles. The van der Waals surface area contributed by atoms with Crippen molar-refractivity contribution in [1.29, 1.82) is 0 Å². The number of aryl methyl sites for hydroxylation is 1. The predicted molar refractivity (Wildman–Crippen MR) is 76.8 cm³/mol. The molecule has 1 aromatic heterocycles. The Morgan fingerprint density at radius 3 is 2.83 bits per heavy atom. The highest BCUT2D eigenvalue weighted by Crippen LogP contribution is 2.23. The lowest BCUT2D eigenvalue weighted by molar-refractivity contribution is -0.122. The average Bonchev–Trinajstić information content (AvgIpc) is 2.85. The predicted octanol–water partition coefficient (Wildman–Crippen LogP) is 3.77. The van der Waals surface area contributed by atoms with Gasteiger partial charge in [0.1, 0.15) is 0 Å². The molecule has 1 aromatic rings. The minimum Gasteiger partial charge on any atom is -0.353 e. The van der Waals surface area contributed by atoms with Gasteiger partial charge in [-0.25, -0.2) is 0 Å². The standard InChI is InChI=1S/C15H23NOS/c1-12-7-9-13(10-8-12)16-15(17)6-2-4-14-5-3-11-18-14/h3,5,11-13H,2,4,6-10H2,1H3,(H,16,17). The molecule has 2 rings (SSSR count). The molecule has 100 valence electrons. The van der Waals surface area contributed by atoms with Crippen molar-refractivity contribution in [1.82, 2.24) is 5.32 Å². The van der Waals surface area contributed by atoms with Crippen molar-refractivity contribution in [2.75, 3.05) is 0 Å². The highest BCUT2D eigenvalue weighted by atomic mass is 32.1. The molecule has 0 atom stereocenters. The van der Waals surface area contributed by atoms with E-state index in [1.165, 1.54) is 17.7 Å². The van der Waals surface area contributed by atoms with Crippen LogP contribution >= 0.6 is 11.3 Å². The number of carbonyl (C=O) groups is 1. The van der Waals surface area contributed by atoms with Crippen LogP contribution in [0.4, 0.5) is 0 Å². The fraction of sp³-hybridized carbons (Fsp3) is 0.667. The largest absolute Gasteiger partial charge is 0.353 e. The van der Waals surface area contributed by atoms with Gasteiger partial charge in [0.2, 0.25) is 5.91 Å².